The molecule has 3 aromatic rings. The van der Waals surface area contributed by atoms with Crippen molar-refractivity contribution in [3.05, 3.63) is 54.6 Å². The zero-order chi connectivity index (χ0) is 19.6. The molecule has 2 aromatic carbocycles. The van der Waals surface area contributed by atoms with Gasteiger partial charge in [-0.3, -0.25) is 0 Å². The van der Waals surface area contributed by atoms with Gasteiger partial charge in [-0.2, -0.15) is 0 Å². The third-order valence-electron chi connectivity index (χ3n) is 4.24. The molecule has 5 nitrogen and oxygen atoms in total. The number of pyridine rings is 1. The number of halogens is 1. The van der Waals surface area contributed by atoms with Crippen molar-refractivity contribution in [3.8, 4) is 17.0 Å². The summed E-state index contributed by atoms with van der Waals surface area (Å²) in [6, 6.07) is 18.4. The summed E-state index contributed by atoms with van der Waals surface area (Å²) < 4.78 is 27.9. The molecule has 0 spiro atoms. The summed E-state index contributed by atoms with van der Waals surface area (Å²) in [5, 5.41) is 4.18. The van der Waals surface area contributed by atoms with Gasteiger partial charge >= 0.3 is 0 Å². The highest BCUT2D eigenvalue weighted by molar-refractivity contribution is 5.85. The molecule has 0 aliphatic heterocycles. The van der Waals surface area contributed by atoms with Gasteiger partial charge in [0.25, 0.3) is 0 Å². The lowest BCUT2D eigenvalue weighted by atomic mass is 10.0. The van der Waals surface area contributed by atoms with Crippen LogP contribution in [0.1, 0.15) is 0 Å². The molecule has 148 valence electrons. The second kappa shape index (κ2) is 10.6. The molecule has 0 bridgehead atoms. The molecule has 1 heterocycles. The summed E-state index contributed by atoms with van der Waals surface area (Å²) >= 11 is 0. The van der Waals surface area contributed by atoms with Gasteiger partial charge in [-0.05, 0) is 41.5 Å². The number of nitrogens with zero attached hydrogens (tertiary/aromatic N) is 1. The lowest BCUT2D eigenvalue weighted by molar-refractivity contribution is 0.0321. The zero-order valence-electron chi connectivity index (χ0n) is 16.0. The largest absolute Gasteiger partial charge is 0.475 e. The second-order valence-corrected chi connectivity index (χ2v) is 6.15. The van der Waals surface area contributed by atoms with E-state index in [1.54, 1.807) is 0 Å². The first-order chi connectivity index (χ1) is 13.8. The van der Waals surface area contributed by atoms with Crippen LogP contribution in [-0.4, -0.2) is 51.7 Å². The van der Waals surface area contributed by atoms with Crippen LogP contribution in [0.25, 0.3) is 22.0 Å². The Bertz CT molecular complexity index is 871. The fourth-order valence-electron chi connectivity index (χ4n) is 2.78. The van der Waals surface area contributed by atoms with Gasteiger partial charge in [0, 0.05) is 24.2 Å². The van der Waals surface area contributed by atoms with E-state index in [-0.39, 0.29) is 6.61 Å². The second-order valence-electron chi connectivity index (χ2n) is 6.15. The predicted molar refractivity (Wildman–Crippen MR) is 110 cm³/mol. The van der Waals surface area contributed by atoms with Crippen LogP contribution in [0.15, 0.2) is 54.6 Å². The zero-order valence-corrected chi connectivity index (χ0v) is 16.0. The molecular formula is C22H25FN2O3. The van der Waals surface area contributed by atoms with E-state index in [0.717, 1.165) is 27.7 Å². The van der Waals surface area contributed by atoms with Crippen LogP contribution < -0.4 is 10.1 Å². The van der Waals surface area contributed by atoms with Crippen molar-refractivity contribution >= 4 is 16.6 Å². The topological polar surface area (TPSA) is 52.6 Å². The van der Waals surface area contributed by atoms with Crippen LogP contribution in [0.4, 0.5) is 10.1 Å². The van der Waals surface area contributed by atoms with Crippen LogP contribution >= 0.6 is 0 Å². The molecule has 0 aliphatic rings. The fraction of sp³-hybridized carbons (Fsp3) is 0.318. The molecule has 0 saturated heterocycles. The molecule has 28 heavy (non-hydrogen) atoms. The number of alkyl halides is 1. The first-order valence-corrected chi connectivity index (χ1v) is 9.33. The van der Waals surface area contributed by atoms with Crippen molar-refractivity contribution in [2.24, 2.45) is 0 Å². The summed E-state index contributed by atoms with van der Waals surface area (Å²) in [5.41, 5.74) is 4.28. The number of hydrogen-bond donors (Lipinski definition) is 1. The van der Waals surface area contributed by atoms with E-state index in [1.807, 2.05) is 25.2 Å². The summed E-state index contributed by atoms with van der Waals surface area (Å²) in [4.78, 5) is 4.54. The van der Waals surface area contributed by atoms with Crippen LogP contribution in [0.2, 0.25) is 0 Å². The van der Waals surface area contributed by atoms with Crippen molar-refractivity contribution in [1.29, 1.82) is 0 Å². The van der Waals surface area contributed by atoms with E-state index in [1.165, 1.54) is 0 Å². The van der Waals surface area contributed by atoms with Crippen LogP contribution in [0.5, 0.6) is 5.88 Å². The number of ether oxygens (including phenoxy) is 3. The Morgan fingerprint density at radius 3 is 2.29 bits per heavy atom. The van der Waals surface area contributed by atoms with Gasteiger partial charge in [-0.25, -0.2) is 9.37 Å². The summed E-state index contributed by atoms with van der Waals surface area (Å²) in [6.45, 7) is 1.28. The maximum Gasteiger partial charge on any atom is 0.213 e. The standard InChI is InChI=1S/C22H25FN2O3/c1-24-20-6-2-17(3-7-20)18-4-8-21-19(16-18)5-9-22(25-21)28-15-14-27-13-12-26-11-10-23/h2-9,16,24H,10-15H2,1H3. The molecule has 1 aromatic heterocycles. The average Bonchev–Trinajstić information content (AvgIpc) is 2.75. The lowest BCUT2D eigenvalue weighted by Gasteiger charge is -2.09. The van der Waals surface area contributed by atoms with Crippen molar-refractivity contribution in [2.45, 2.75) is 0 Å². The smallest absolute Gasteiger partial charge is 0.213 e. The summed E-state index contributed by atoms with van der Waals surface area (Å²) in [6.07, 6.45) is 0. The minimum absolute atomic E-state index is 0.115. The summed E-state index contributed by atoms with van der Waals surface area (Å²) in [5.74, 6) is 0.566. The van der Waals surface area contributed by atoms with Gasteiger partial charge in [-0.1, -0.05) is 18.2 Å². The van der Waals surface area contributed by atoms with Crippen LogP contribution in [-0.2, 0) is 9.47 Å². The molecule has 6 heteroatoms. The molecule has 0 amide bonds. The van der Waals surface area contributed by atoms with Crippen molar-refractivity contribution in [3.63, 3.8) is 0 Å². The van der Waals surface area contributed by atoms with Crippen molar-refractivity contribution in [1.82, 2.24) is 4.98 Å². The number of fused-ring (bicyclic) bond motifs is 1. The van der Waals surface area contributed by atoms with E-state index < -0.39 is 6.67 Å². The molecule has 0 saturated carbocycles. The number of hydrogen-bond acceptors (Lipinski definition) is 5. The van der Waals surface area contributed by atoms with E-state index in [0.29, 0.717) is 32.3 Å². The molecule has 0 unspecified atom stereocenters. The number of rotatable bonds is 11. The van der Waals surface area contributed by atoms with Gasteiger partial charge in [0.05, 0.1) is 31.9 Å². The molecule has 0 fully saturated rings. The molecular weight excluding hydrogens is 359 g/mol. The molecule has 3 rings (SSSR count). The molecule has 0 aliphatic carbocycles. The fourth-order valence-corrected chi connectivity index (χ4v) is 2.78. The highest BCUT2D eigenvalue weighted by Crippen LogP contribution is 2.26. The van der Waals surface area contributed by atoms with Crippen molar-refractivity contribution < 1.29 is 18.6 Å². The SMILES string of the molecule is CNc1ccc(-c2ccc3nc(OCCOCCOCCF)ccc3c2)cc1. The maximum atomic E-state index is 11.9. The van der Waals surface area contributed by atoms with Gasteiger partial charge in [0.1, 0.15) is 13.3 Å². The van der Waals surface area contributed by atoms with E-state index in [2.05, 4.69) is 46.7 Å². The highest BCUT2D eigenvalue weighted by Gasteiger charge is 2.03. The Balaban J connectivity index is 1.54. The first kappa shape index (κ1) is 20.0. The minimum atomic E-state index is -0.471. The Morgan fingerprint density at radius 1 is 0.821 bits per heavy atom. The minimum Gasteiger partial charge on any atom is -0.475 e. The van der Waals surface area contributed by atoms with E-state index >= 15 is 0 Å². The van der Waals surface area contributed by atoms with Crippen LogP contribution in [0, 0.1) is 0 Å². The number of benzene rings is 2. The Hall–Kier alpha value is -2.70. The Kier molecular flexibility index (Phi) is 7.58. The summed E-state index contributed by atoms with van der Waals surface area (Å²) in [7, 11) is 1.91. The van der Waals surface area contributed by atoms with E-state index in [9.17, 15) is 4.39 Å². The maximum absolute atomic E-state index is 11.9. The quantitative estimate of drug-likeness (QED) is 0.499. The van der Waals surface area contributed by atoms with Crippen molar-refractivity contribution in [2.75, 3.05) is 52.1 Å². The normalized spacial score (nSPS) is 10.9. The highest BCUT2D eigenvalue weighted by atomic mass is 19.1. The van der Waals surface area contributed by atoms with Gasteiger partial charge < -0.3 is 19.5 Å². The monoisotopic (exact) mass is 384 g/mol. The Morgan fingerprint density at radius 2 is 1.54 bits per heavy atom. The number of anilines is 1. The molecule has 1 N–H and O–H groups in total. The predicted octanol–water partition coefficient (Wildman–Crippen LogP) is 4.33. The lowest BCUT2D eigenvalue weighted by Crippen LogP contribution is -2.11. The van der Waals surface area contributed by atoms with Gasteiger partial charge in [-0.15, -0.1) is 0 Å². The average molecular weight is 384 g/mol. The Labute approximate surface area is 164 Å². The van der Waals surface area contributed by atoms with Crippen LogP contribution in [0.3, 0.4) is 0 Å². The number of aromatic nitrogens is 1. The first-order valence-electron chi connectivity index (χ1n) is 9.33. The van der Waals surface area contributed by atoms with Gasteiger partial charge in [0.2, 0.25) is 5.88 Å². The number of nitrogens with one attached hydrogen (secondary N) is 1. The third kappa shape index (κ3) is 5.65. The molecule has 0 atom stereocenters. The van der Waals surface area contributed by atoms with Gasteiger partial charge in [0.15, 0.2) is 0 Å². The van der Waals surface area contributed by atoms with E-state index in [4.69, 9.17) is 14.2 Å². The molecule has 0 radical (unpaired) electrons. The third-order valence-corrected chi connectivity index (χ3v) is 4.24.